The van der Waals surface area contributed by atoms with Crippen LogP contribution in [-0.2, 0) is 12.0 Å². The van der Waals surface area contributed by atoms with E-state index < -0.39 is 5.54 Å². The highest BCUT2D eigenvalue weighted by molar-refractivity contribution is 7.09. The molecule has 0 spiro atoms. The van der Waals surface area contributed by atoms with Gasteiger partial charge in [-0.05, 0) is 68.0 Å². The molecule has 2 aromatic heterocycles. The third-order valence-electron chi connectivity index (χ3n) is 7.30. The lowest BCUT2D eigenvalue weighted by molar-refractivity contribution is 0.0735. The molecule has 1 saturated heterocycles. The van der Waals surface area contributed by atoms with E-state index in [9.17, 15) is 4.79 Å². The molecule has 7 nitrogen and oxygen atoms in total. The second-order valence-electron chi connectivity index (χ2n) is 10.6. The molecule has 0 radical (unpaired) electrons. The zero-order valence-electron chi connectivity index (χ0n) is 22.6. The summed E-state index contributed by atoms with van der Waals surface area (Å²) in [6.07, 6.45) is 2.41. The van der Waals surface area contributed by atoms with Crippen LogP contribution in [0, 0.1) is 6.92 Å². The van der Waals surface area contributed by atoms with Crippen LogP contribution in [0.1, 0.15) is 58.3 Å². The summed E-state index contributed by atoms with van der Waals surface area (Å²) in [5, 5.41) is 11.7. The highest BCUT2D eigenvalue weighted by atomic mass is 32.1. The number of aryl methyl sites for hydroxylation is 1. The van der Waals surface area contributed by atoms with E-state index in [-0.39, 0.29) is 11.9 Å². The molecular weight excluding hydrogens is 518 g/mol. The molecule has 2 N–H and O–H groups in total. The van der Waals surface area contributed by atoms with Crippen molar-refractivity contribution in [2.24, 2.45) is 5.73 Å². The highest BCUT2D eigenvalue weighted by Gasteiger charge is 2.33. The van der Waals surface area contributed by atoms with Crippen LogP contribution in [0.4, 0.5) is 0 Å². The minimum Gasteiger partial charge on any atom is -0.419 e. The van der Waals surface area contributed by atoms with Crippen molar-refractivity contribution in [2.75, 3.05) is 6.54 Å². The average Bonchev–Trinajstić information content (AvgIpc) is 3.74. The fraction of sp³-hybridized carbons (Fsp3) is 0.250. The van der Waals surface area contributed by atoms with Crippen molar-refractivity contribution in [3.8, 4) is 22.6 Å². The fourth-order valence-corrected chi connectivity index (χ4v) is 6.24. The van der Waals surface area contributed by atoms with Gasteiger partial charge in [0.05, 0.1) is 11.6 Å². The second-order valence-corrected chi connectivity index (χ2v) is 11.5. The summed E-state index contributed by atoms with van der Waals surface area (Å²) in [4.78, 5) is 20.6. The van der Waals surface area contributed by atoms with Gasteiger partial charge in [0.1, 0.15) is 5.01 Å². The first-order valence-electron chi connectivity index (χ1n) is 13.5. The Morgan fingerprint density at radius 2 is 1.75 bits per heavy atom. The van der Waals surface area contributed by atoms with E-state index in [0.717, 1.165) is 40.2 Å². The number of carbonyl (C=O) groups is 1. The van der Waals surface area contributed by atoms with Gasteiger partial charge in [0.2, 0.25) is 11.8 Å². The van der Waals surface area contributed by atoms with Crippen molar-refractivity contribution < 1.29 is 9.21 Å². The van der Waals surface area contributed by atoms with Crippen LogP contribution in [-0.4, -0.2) is 32.5 Å². The molecule has 1 aliphatic heterocycles. The molecule has 0 saturated carbocycles. The first-order valence-corrected chi connectivity index (χ1v) is 14.4. The van der Waals surface area contributed by atoms with E-state index in [2.05, 4.69) is 15.2 Å². The molecule has 8 heteroatoms. The molecular formula is C32H31N5O2S. The van der Waals surface area contributed by atoms with Gasteiger partial charge in [-0.25, -0.2) is 4.98 Å². The van der Waals surface area contributed by atoms with Crippen molar-refractivity contribution >= 4 is 17.2 Å². The summed E-state index contributed by atoms with van der Waals surface area (Å²) in [5.41, 5.74) is 11.0. The van der Waals surface area contributed by atoms with Gasteiger partial charge in [0.15, 0.2) is 0 Å². The monoisotopic (exact) mass is 549 g/mol. The van der Waals surface area contributed by atoms with Crippen LogP contribution < -0.4 is 5.73 Å². The predicted molar refractivity (Wildman–Crippen MR) is 157 cm³/mol. The van der Waals surface area contributed by atoms with Crippen LogP contribution in [0.15, 0.2) is 88.7 Å². The lowest BCUT2D eigenvalue weighted by atomic mass is 9.94. The Bertz CT molecular complexity index is 1630. The minimum atomic E-state index is -0.850. The molecule has 3 heterocycles. The summed E-state index contributed by atoms with van der Waals surface area (Å²) in [6, 6.07) is 25.8. The summed E-state index contributed by atoms with van der Waals surface area (Å²) < 4.78 is 6.17. The first-order chi connectivity index (χ1) is 19.4. The molecule has 3 aromatic carbocycles. The maximum absolute atomic E-state index is 14.0. The van der Waals surface area contributed by atoms with E-state index in [1.807, 2.05) is 103 Å². The van der Waals surface area contributed by atoms with Gasteiger partial charge in [-0.3, -0.25) is 4.79 Å². The smallest absolute Gasteiger partial charge is 0.254 e. The number of nitrogens with zero attached hydrogens (tertiary/aromatic N) is 4. The SMILES string of the molecule is Cc1csc([C@H]2CCCN2C(=O)c2cc(-c3ccccc3)cc(-c3nnc(C(C)(N)Cc4ccccc4)o3)c2)n1. The van der Waals surface area contributed by atoms with Gasteiger partial charge in [0.25, 0.3) is 5.91 Å². The molecule has 40 heavy (non-hydrogen) atoms. The Morgan fingerprint density at radius 3 is 2.48 bits per heavy atom. The van der Waals surface area contributed by atoms with Crippen molar-refractivity contribution in [2.45, 2.75) is 44.7 Å². The van der Waals surface area contributed by atoms with Crippen molar-refractivity contribution in [1.29, 1.82) is 0 Å². The summed E-state index contributed by atoms with van der Waals surface area (Å²) in [5.74, 6) is 0.657. The summed E-state index contributed by atoms with van der Waals surface area (Å²) in [6.45, 7) is 4.57. The highest BCUT2D eigenvalue weighted by Crippen LogP contribution is 2.36. The number of hydrogen-bond donors (Lipinski definition) is 1. The number of aromatic nitrogens is 3. The number of amides is 1. The van der Waals surface area contributed by atoms with Gasteiger partial charge in [-0.2, -0.15) is 0 Å². The number of carbonyl (C=O) groups excluding carboxylic acids is 1. The average molecular weight is 550 g/mol. The normalized spacial score (nSPS) is 16.7. The van der Waals surface area contributed by atoms with E-state index in [0.29, 0.717) is 35.9 Å². The molecule has 202 valence electrons. The number of benzene rings is 3. The summed E-state index contributed by atoms with van der Waals surface area (Å²) >= 11 is 1.62. The number of nitrogens with two attached hydrogens (primary N) is 1. The standard InChI is InChI=1S/C32H31N5O2S/c1-21-20-40-29(34-21)27-14-9-15-37(27)30(38)26-17-24(23-12-7-4-8-13-23)16-25(18-26)28-35-36-31(39-28)32(2,33)19-22-10-5-3-6-11-22/h3-8,10-13,16-18,20,27H,9,14-15,19,33H2,1-2H3/t27-,32?/m1/s1. The predicted octanol–water partition coefficient (Wildman–Crippen LogP) is 6.56. The maximum Gasteiger partial charge on any atom is 0.254 e. The lowest BCUT2D eigenvalue weighted by Crippen LogP contribution is -2.35. The summed E-state index contributed by atoms with van der Waals surface area (Å²) in [7, 11) is 0. The Balaban J connectivity index is 1.36. The molecule has 6 rings (SSSR count). The quantitative estimate of drug-likeness (QED) is 0.247. The number of rotatable bonds is 7. The van der Waals surface area contributed by atoms with Crippen LogP contribution in [0.2, 0.25) is 0 Å². The fourth-order valence-electron chi connectivity index (χ4n) is 5.30. The van der Waals surface area contributed by atoms with E-state index in [1.165, 1.54) is 0 Å². The maximum atomic E-state index is 14.0. The number of hydrogen-bond acceptors (Lipinski definition) is 7. The molecule has 0 aliphatic carbocycles. The lowest BCUT2D eigenvalue weighted by Gasteiger charge is -2.23. The number of likely N-dealkylation sites (tertiary alicyclic amines) is 1. The van der Waals surface area contributed by atoms with Crippen LogP contribution >= 0.6 is 11.3 Å². The van der Waals surface area contributed by atoms with Crippen molar-refractivity contribution in [3.05, 3.63) is 112 Å². The molecule has 1 amide bonds. The Morgan fingerprint density at radius 1 is 1.02 bits per heavy atom. The molecule has 2 atom stereocenters. The zero-order valence-corrected chi connectivity index (χ0v) is 23.4. The molecule has 5 aromatic rings. The van der Waals surface area contributed by atoms with E-state index in [4.69, 9.17) is 10.2 Å². The number of thiazole rings is 1. The Hall–Kier alpha value is -4.14. The van der Waals surface area contributed by atoms with Crippen LogP contribution in [0.25, 0.3) is 22.6 Å². The van der Waals surface area contributed by atoms with Gasteiger partial charge < -0.3 is 15.1 Å². The van der Waals surface area contributed by atoms with Gasteiger partial charge in [-0.1, -0.05) is 60.7 Å². The molecule has 1 fully saturated rings. The minimum absolute atomic E-state index is 0.0130. The third-order valence-corrected chi connectivity index (χ3v) is 8.36. The van der Waals surface area contributed by atoms with Crippen LogP contribution in [0.5, 0.6) is 0 Å². The molecule has 1 aliphatic rings. The Kier molecular flexibility index (Phi) is 7.04. The second kappa shape index (κ2) is 10.8. The van der Waals surface area contributed by atoms with Crippen molar-refractivity contribution in [3.63, 3.8) is 0 Å². The largest absolute Gasteiger partial charge is 0.419 e. The molecule has 1 unspecified atom stereocenters. The third kappa shape index (κ3) is 5.33. The van der Waals surface area contributed by atoms with Gasteiger partial charge in [-0.15, -0.1) is 21.5 Å². The van der Waals surface area contributed by atoms with Crippen LogP contribution in [0.3, 0.4) is 0 Å². The topological polar surface area (TPSA) is 98.1 Å². The van der Waals surface area contributed by atoms with Gasteiger partial charge >= 0.3 is 0 Å². The zero-order chi connectivity index (χ0) is 27.7. The van der Waals surface area contributed by atoms with E-state index in [1.54, 1.807) is 11.3 Å². The Labute approximate surface area is 237 Å². The van der Waals surface area contributed by atoms with Crippen molar-refractivity contribution in [1.82, 2.24) is 20.1 Å². The van der Waals surface area contributed by atoms with Gasteiger partial charge in [0, 0.05) is 28.7 Å². The first kappa shape index (κ1) is 26.1. The molecule has 0 bridgehead atoms. The van der Waals surface area contributed by atoms with E-state index >= 15 is 0 Å².